The quantitative estimate of drug-likeness (QED) is 0.807. The normalized spacial score (nSPS) is 12.9. The maximum Gasteiger partial charge on any atom is 0.251 e. The number of hydrogen-bond acceptors (Lipinski definition) is 3. The molecular weight excluding hydrogens is 276 g/mol. The minimum absolute atomic E-state index is 0.118. The Labute approximate surface area is 120 Å². The van der Waals surface area contributed by atoms with E-state index in [0.717, 1.165) is 12.8 Å². The van der Waals surface area contributed by atoms with Crippen molar-refractivity contribution >= 4 is 15.9 Å². The summed E-state index contributed by atoms with van der Waals surface area (Å²) in [6.45, 7) is 6.30. The Morgan fingerprint density at radius 2 is 1.80 bits per heavy atom. The Bertz CT molecular complexity index is 538. The zero-order valence-corrected chi connectivity index (χ0v) is 13.0. The molecule has 1 amide bonds. The molecule has 1 aromatic rings. The van der Waals surface area contributed by atoms with E-state index in [-0.39, 0.29) is 16.8 Å². The minimum atomic E-state index is -3.51. The van der Waals surface area contributed by atoms with Gasteiger partial charge in [-0.3, -0.25) is 4.79 Å². The van der Waals surface area contributed by atoms with Crippen molar-refractivity contribution in [2.45, 2.75) is 44.6 Å². The second kappa shape index (κ2) is 7.40. The standard InChI is InChI=1S/C14H22N2O3S/c1-4-10-15-14(17)12-6-8-13(9-7-12)20(18,19)16-11(3)5-2/h6-9,11,16H,4-5,10H2,1-3H3,(H,15,17). The van der Waals surface area contributed by atoms with E-state index in [4.69, 9.17) is 0 Å². The van der Waals surface area contributed by atoms with Crippen LogP contribution >= 0.6 is 0 Å². The van der Waals surface area contributed by atoms with Gasteiger partial charge in [0.05, 0.1) is 4.90 Å². The lowest BCUT2D eigenvalue weighted by molar-refractivity contribution is 0.0953. The van der Waals surface area contributed by atoms with E-state index in [0.29, 0.717) is 12.1 Å². The highest BCUT2D eigenvalue weighted by Crippen LogP contribution is 2.11. The highest BCUT2D eigenvalue weighted by molar-refractivity contribution is 7.89. The summed E-state index contributed by atoms with van der Waals surface area (Å²) in [6.07, 6.45) is 1.58. The first-order valence-corrected chi connectivity index (χ1v) is 8.29. The van der Waals surface area contributed by atoms with Crippen molar-refractivity contribution in [2.24, 2.45) is 0 Å². The summed E-state index contributed by atoms with van der Waals surface area (Å²) in [6, 6.07) is 5.83. The van der Waals surface area contributed by atoms with Crippen LogP contribution in [0.3, 0.4) is 0 Å². The van der Waals surface area contributed by atoms with Crippen molar-refractivity contribution in [2.75, 3.05) is 6.54 Å². The zero-order valence-electron chi connectivity index (χ0n) is 12.1. The molecule has 0 saturated carbocycles. The van der Waals surface area contributed by atoms with Gasteiger partial charge in [-0.2, -0.15) is 0 Å². The molecule has 112 valence electrons. The first-order valence-electron chi connectivity index (χ1n) is 6.81. The van der Waals surface area contributed by atoms with Crippen molar-refractivity contribution in [1.29, 1.82) is 0 Å². The molecule has 0 aromatic heterocycles. The zero-order chi connectivity index (χ0) is 15.2. The number of rotatable bonds is 7. The van der Waals surface area contributed by atoms with Gasteiger partial charge in [0.1, 0.15) is 0 Å². The molecule has 0 saturated heterocycles. The van der Waals surface area contributed by atoms with Crippen LogP contribution in [0.1, 0.15) is 44.0 Å². The number of amides is 1. The summed E-state index contributed by atoms with van der Waals surface area (Å²) in [5.41, 5.74) is 0.459. The van der Waals surface area contributed by atoms with Gasteiger partial charge in [-0.25, -0.2) is 13.1 Å². The van der Waals surface area contributed by atoms with Gasteiger partial charge in [-0.05, 0) is 44.0 Å². The third-order valence-electron chi connectivity index (χ3n) is 2.93. The first-order chi connectivity index (χ1) is 9.40. The molecule has 1 unspecified atom stereocenters. The summed E-state index contributed by atoms with van der Waals surface area (Å²) < 4.78 is 26.7. The fraction of sp³-hybridized carbons (Fsp3) is 0.500. The molecule has 0 bridgehead atoms. The Hall–Kier alpha value is -1.40. The van der Waals surface area contributed by atoms with Gasteiger partial charge in [-0.1, -0.05) is 13.8 Å². The average molecular weight is 298 g/mol. The molecule has 0 aliphatic carbocycles. The van der Waals surface area contributed by atoms with Crippen molar-refractivity contribution < 1.29 is 13.2 Å². The molecule has 2 N–H and O–H groups in total. The first kappa shape index (κ1) is 16.7. The van der Waals surface area contributed by atoms with Gasteiger partial charge >= 0.3 is 0 Å². The van der Waals surface area contributed by atoms with E-state index in [2.05, 4.69) is 10.0 Å². The Balaban J connectivity index is 2.83. The van der Waals surface area contributed by atoms with Crippen molar-refractivity contribution in [3.05, 3.63) is 29.8 Å². The molecule has 0 heterocycles. The monoisotopic (exact) mass is 298 g/mol. The summed E-state index contributed by atoms with van der Waals surface area (Å²) in [5, 5.41) is 2.74. The second-order valence-corrected chi connectivity index (χ2v) is 6.42. The fourth-order valence-corrected chi connectivity index (χ4v) is 2.87. The van der Waals surface area contributed by atoms with E-state index >= 15 is 0 Å². The third-order valence-corrected chi connectivity index (χ3v) is 4.54. The highest BCUT2D eigenvalue weighted by atomic mass is 32.2. The minimum Gasteiger partial charge on any atom is -0.352 e. The summed E-state index contributed by atoms with van der Waals surface area (Å²) >= 11 is 0. The third kappa shape index (κ3) is 4.61. The Morgan fingerprint density at radius 1 is 1.20 bits per heavy atom. The van der Waals surface area contributed by atoms with Gasteiger partial charge in [0, 0.05) is 18.2 Å². The van der Waals surface area contributed by atoms with Crippen LogP contribution < -0.4 is 10.0 Å². The van der Waals surface area contributed by atoms with Crippen molar-refractivity contribution in [3.63, 3.8) is 0 Å². The average Bonchev–Trinajstić information content (AvgIpc) is 2.44. The van der Waals surface area contributed by atoms with Gasteiger partial charge < -0.3 is 5.32 Å². The fourth-order valence-electron chi connectivity index (χ4n) is 1.54. The maximum absolute atomic E-state index is 12.0. The van der Waals surface area contributed by atoms with Crippen molar-refractivity contribution in [3.8, 4) is 0 Å². The van der Waals surface area contributed by atoms with E-state index in [1.54, 1.807) is 0 Å². The highest BCUT2D eigenvalue weighted by Gasteiger charge is 2.16. The lowest BCUT2D eigenvalue weighted by Crippen LogP contribution is -2.32. The van der Waals surface area contributed by atoms with Gasteiger partial charge in [-0.15, -0.1) is 0 Å². The summed E-state index contributed by atoms with van der Waals surface area (Å²) in [5.74, 6) is -0.189. The van der Waals surface area contributed by atoms with Crippen LogP contribution in [0.25, 0.3) is 0 Å². The Morgan fingerprint density at radius 3 is 2.30 bits per heavy atom. The smallest absolute Gasteiger partial charge is 0.251 e. The maximum atomic E-state index is 12.0. The van der Waals surface area contributed by atoms with Crippen LogP contribution in [0.2, 0.25) is 0 Å². The Kier molecular flexibility index (Phi) is 6.16. The molecule has 6 heteroatoms. The summed E-state index contributed by atoms with van der Waals surface area (Å²) in [7, 11) is -3.51. The number of carbonyl (C=O) groups is 1. The van der Waals surface area contributed by atoms with Gasteiger partial charge in [0.2, 0.25) is 10.0 Å². The number of benzene rings is 1. The molecule has 1 aromatic carbocycles. The lowest BCUT2D eigenvalue weighted by atomic mass is 10.2. The summed E-state index contributed by atoms with van der Waals surface area (Å²) in [4.78, 5) is 11.9. The SMILES string of the molecule is CCCNC(=O)c1ccc(S(=O)(=O)NC(C)CC)cc1. The molecule has 1 rings (SSSR count). The van der Waals surface area contributed by atoms with Crippen LogP contribution in [0.15, 0.2) is 29.2 Å². The van der Waals surface area contributed by atoms with Gasteiger partial charge in [0.15, 0.2) is 0 Å². The molecule has 1 atom stereocenters. The molecular formula is C14H22N2O3S. The van der Waals surface area contributed by atoms with Crippen LogP contribution in [-0.4, -0.2) is 26.9 Å². The molecule has 0 fully saturated rings. The molecule has 0 aliphatic rings. The number of carbonyl (C=O) groups excluding carboxylic acids is 1. The lowest BCUT2D eigenvalue weighted by Gasteiger charge is -2.12. The number of sulfonamides is 1. The predicted molar refractivity (Wildman–Crippen MR) is 79.1 cm³/mol. The van der Waals surface area contributed by atoms with Crippen LogP contribution in [-0.2, 0) is 10.0 Å². The van der Waals surface area contributed by atoms with E-state index in [1.807, 2.05) is 20.8 Å². The van der Waals surface area contributed by atoms with E-state index < -0.39 is 10.0 Å². The second-order valence-electron chi connectivity index (χ2n) is 4.71. The molecule has 20 heavy (non-hydrogen) atoms. The van der Waals surface area contributed by atoms with Gasteiger partial charge in [0.25, 0.3) is 5.91 Å². The van der Waals surface area contributed by atoms with Crippen LogP contribution in [0, 0.1) is 0 Å². The largest absolute Gasteiger partial charge is 0.352 e. The number of hydrogen-bond donors (Lipinski definition) is 2. The van der Waals surface area contributed by atoms with Crippen molar-refractivity contribution in [1.82, 2.24) is 10.0 Å². The number of nitrogens with one attached hydrogen (secondary N) is 2. The van der Waals surface area contributed by atoms with E-state index in [9.17, 15) is 13.2 Å². The van der Waals surface area contributed by atoms with Crippen LogP contribution in [0.4, 0.5) is 0 Å². The van der Waals surface area contributed by atoms with Crippen LogP contribution in [0.5, 0.6) is 0 Å². The topological polar surface area (TPSA) is 75.3 Å². The molecule has 0 spiro atoms. The molecule has 5 nitrogen and oxygen atoms in total. The predicted octanol–water partition coefficient (Wildman–Crippen LogP) is 1.90. The molecule has 0 radical (unpaired) electrons. The molecule has 0 aliphatic heterocycles. The van der Waals surface area contributed by atoms with E-state index in [1.165, 1.54) is 24.3 Å².